The molecule has 3 N–H and O–H groups in total. The maximum Gasteiger partial charge on any atom is 0.434 e. The van der Waals surface area contributed by atoms with E-state index in [1.807, 2.05) is 0 Å². The SMILES string of the molecule is Nc1ncc(-c2cc(N3C(=O)OC4(CC4)C34CC4O)nc(N3CCOCC3)n2)c(C(F)(F)F)n1. The largest absolute Gasteiger partial charge is 0.440 e. The van der Waals surface area contributed by atoms with Gasteiger partial charge in [-0.25, -0.2) is 24.6 Å². The van der Waals surface area contributed by atoms with E-state index in [4.69, 9.17) is 15.2 Å². The molecule has 2 aliphatic carbocycles. The number of fused-ring (bicyclic) bond motifs is 1. The molecule has 6 rings (SSSR count). The van der Waals surface area contributed by atoms with Crippen molar-refractivity contribution >= 4 is 23.8 Å². The summed E-state index contributed by atoms with van der Waals surface area (Å²) in [5.74, 6) is -0.366. The number of aromatic nitrogens is 4. The van der Waals surface area contributed by atoms with Crippen molar-refractivity contribution in [3.8, 4) is 11.3 Å². The standard InChI is InChI=1S/C20H20F3N7O4/c21-20(22,23)14-10(9-25-15(24)28-14)11-7-13(27-16(26-11)29-3-5-33-6-4-29)30-17(32)34-18(1-2-18)19(30)8-12(19)31/h7,9,12,31H,1-6,8H2,(H2,24,25,28). The summed E-state index contributed by atoms with van der Waals surface area (Å²) in [4.78, 5) is 31.9. The number of aliphatic hydroxyl groups is 1. The van der Waals surface area contributed by atoms with Crippen LogP contribution >= 0.6 is 0 Å². The summed E-state index contributed by atoms with van der Waals surface area (Å²) in [7, 11) is 0. The van der Waals surface area contributed by atoms with Gasteiger partial charge in [0.05, 0.1) is 25.0 Å². The average molecular weight is 479 g/mol. The number of nitrogen functional groups attached to an aromatic ring is 1. The van der Waals surface area contributed by atoms with Crippen LogP contribution in [0.15, 0.2) is 12.3 Å². The van der Waals surface area contributed by atoms with Crippen LogP contribution < -0.4 is 15.5 Å². The monoisotopic (exact) mass is 479 g/mol. The lowest BCUT2D eigenvalue weighted by molar-refractivity contribution is -0.140. The van der Waals surface area contributed by atoms with Gasteiger partial charge in [-0.2, -0.15) is 18.2 Å². The number of halogens is 3. The van der Waals surface area contributed by atoms with E-state index in [-0.39, 0.29) is 17.5 Å². The number of nitrogens with zero attached hydrogens (tertiary/aromatic N) is 6. The number of ether oxygens (including phenoxy) is 2. The number of carbonyl (C=O) groups excluding carboxylic acids is 1. The second-order valence-corrected chi connectivity index (χ2v) is 8.84. The fraction of sp³-hybridized carbons (Fsp3) is 0.550. The van der Waals surface area contributed by atoms with Gasteiger partial charge in [-0.05, 0) is 12.8 Å². The summed E-state index contributed by atoms with van der Waals surface area (Å²) >= 11 is 0. The molecule has 2 atom stereocenters. The molecular formula is C20H20F3N7O4. The van der Waals surface area contributed by atoms with Crippen LogP contribution in [0.2, 0.25) is 0 Å². The number of nitrogens with two attached hydrogens (primary N) is 1. The van der Waals surface area contributed by atoms with E-state index in [0.29, 0.717) is 45.6 Å². The number of alkyl halides is 3. The normalized spacial score (nSPS) is 27.4. The molecule has 11 nitrogen and oxygen atoms in total. The van der Waals surface area contributed by atoms with Gasteiger partial charge in [0.25, 0.3) is 0 Å². The van der Waals surface area contributed by atoms with Crippen molar-refractivity contribution in [1.29, 1.82) is 0 Å². The van der Waals surface area contributed by atoms with Crippen molar-refractivity contribution in [1.82, 2.24) is 19.9 Å². The number of amides is 1. The van der Waals surface area contributed by atoms with E-state index in [0.717, 1.165) is 6.20 Å². The van der Waals surface area contributed by atoms with Crippen LogP contribution in [0, 0.1) is 0 Å². The summed E-state index contributed by atoms with van der Waals surface area (Å²) in [5, 5.41) is 10.5. The molecule has 14 heteroatoms. The van der Waals surface area contributed by atoms with Crippen molar-refractivity contribution in [2.24, 2.45) is 0 Å². The van der Waals surface area contributed by atoms with Gasteiger partial charge < -0.3 is 25.2 Å². The maximum atomic E-state index is 13.8. The highest BCUT2D eigenvalue weighted by Crippen LogP contribution is 2.66. The minimum Gasteiger partial charge on any atom is -0.440 e. The Balaban J connectivity index is 1.52. The third-order valence-corrected chi connectivity index (χ3v) is 6.83. The highest BCUT2D eigenvalue weighted by atomic mass is 19.4. The molecular weight excluding hydrogens is 459 g/mol. The summed E-state index contributed by atoms with van der Waals surface area (Å²) in [6.07, 6.45) is -3.89. The van der Waals surface area contributed by atoms with Crippen LogP contribution in [-0.2, 0) is 15.7 Å². The molecule has 2 aliphatic heterocycles. The number of rotatable bonds is 3. The second kappa shape index (κ2) is 6.88. The predicted octanol–water partition coefficient (Wildman–Crippen LogP) is 1.36. The molecule has 2 aromatic heterocycles. The number of hydrogen-bond acceptors (Lipinski definition) is 10. The smallest absolute Gasteiger partial charge is 0.434 e. The van der Waals surface area contributed by atoms with Crippen LogP contribution in [0.1, 0.15) is 25.0 Å². The number of carbonyl (C=O) groups is 1. The van der Waals surface area contributed by atoms with Gasteiger partial charge in [0.15, 0.2) is 5.69 Å². The lowest BCUT2D eigenvalue weighted by Crippen LogP contribution is -2.44. The van der Waals surface area contributed by atoms with Gasteiger partial charge >= 0.3 is 12.3 Å². The van der Waals surface area contributed by atoms with E-state index < -0.39 is 46.7 Å². The van der Waals surface area contributed by atoms with Crippen LogP contribution in [0.25, 0.3) is 11.3 Å². The molecule has 4 heterocycles. The summed E-state index contributed by atoms with van der Waals surface area (Å²) in [6, 6.07) is 1.27. The van der Waals surface area contributed by atoms with Crippen molar-refractivity contribution in [3.63, 3.8) is 0 Å². The predicted molar refractivity (Wildman–Crippen MR) is 110 cm³/mol. The first-order chi connectivity index (χ1) is 16.1. The quantitative estimate of drug-likeness (QED) is 0.663. The zero-order valence-electron chi connectivity index (χ0n) is 17.7. The Hall–Kier alpha value is -3.26. The molecule has 2 aromatic rings. The molecule has 180 valence electrons. The lowest BCUT2D eigenvalue weighted by atomic mass is 10.1. The van der Waals surface area contributed by atoms with Crippen molar-refractivity contribution < 1.29 is 32.5 Å². The van der Waals surface area contributed by atoms with Gasteiger partial charge in [0.1, 0.15) is 17.0 Å². The van der Waals surface area contributed by atoms with Gasteiger partial charge in [-0.1, -0.05) is 0 Å². The highest BCUT2D eigenvalue weighted by molar-refractivity contribution is 5.95. The van der Waals surface area contributed by atoms with Crippen molar-refractivity contribution in [2.45, 2.75) is 42.7 Å². The zero-order chi connectivity index (χ0) is 23.9. The third-order valence-electron chi connectivity index (χ3n) is 6.83. The topological polar surface area (TPSA) is 140 Å². The number of anilines is 3. The number of hydrogen-bond donors (Lipinski definition) is 2. The third kappa shape index (κ3) is 3.01. The highest BCUT2D eigenvalue weighted by Gasteiger charge is 2.82. The molecule has 4 fully saturated rings. The molecule has 1 amide bonds. The Kier molecular flexibility index (Phi) is 4.31. The zero-order valence-corrected chi connectivity index (χ0v) is 17.7. The molecule has 2 unspecified atom stereocenters. The van der Waals surface area contributed by atoms with Crippen LogP contribution in [0.5, 0.6) is 0 Å². The molecule has 0 aromatic carbocycles. The molecule has 34 heavy (non-hydrogen) atoms. The lowest BCUT2D eigenvalue weighted by Gasteiger charge is -2.29. The Labute approximate surface area is 190 Å². The Morgan fingerprint density at radius 1 is 1.18 bits per heavy atom. The fourth-order valence-corrected chi connectivity index (χ4v) is 4.96. The summed E-state index contributed by atoms with van der Waals surface area (Å²) in [5.41, 5.74) is 1.85. The van der Waals surface area contributed by atoms with Crippen LogP contribution in [0.4, 0.5) is 35.7 Å². The van der Waals surface area contributed by atoms with Crippen molar-refractivity contribution in [2.75, 3.05) is 41.8 Å². The first kappa shape index (κ1) is 21.3. The summed E-state index contributed by atoms with van der Waals surface area (Å²) < 4.78 is 52.3. The second-order valence-electron chi connectivity index (χ2n) is 8.84. The van der Waals surface area contributed by atoms with E-state index in [2.05, 4.69) is 19.9 Å². The first-order valence-corrected chi connectivity index (χ1v) is 10.8. The average Bonchev–Trinajstić information content (AvgIpc) is 3.69. The molecule has 2 saturated carbocycles. The Bertz CT molecular complexity index is 1190. The number of aliphatic hydroxyl groups excluding tert-OH is 1. The fourth-order valence-electron chi connectivity index (χ4n) is 4.96. The van der Waals surface area contributed by atoms with E-state index >= 15 is 0 Å². The first-order valence-electron chi connectivity index (χ1n) is 10.8. The summed E-state index contributed by atoms with van der Waals surface area (Å²) in [6.45, 7) is 1.60. The maximum absolute atomic E-state index is 13.8. The minimum atomic E-state index is -4.82. The van der Waals surface area contributed by atoms with Crippen LogP contribution in [-0.4, -0.2) is 74.7 Å². The number of morpholine rings is 1. The van der Waals surface area contributed by atoms with Crippen LogP contribution in [0.3, 0.4) is 0 Å². The van der Waals surface area contributed by atoms with Gasteiger partial charge in [-0.15, -0.1) is 0 Å². The minimum absolute atomic E-state index is 0.0433. The molecule has 4 aliphatic rings. The molecule has 0 bridgehead atoms. The molecule has 2 spiro atoms. The van der Waals surface area contributed by atoms with Gasteiger partial charge in [0.2, 0.25) is 11.9 Å². The molecule has 0 radical (unpaired) electrons. The van der Waals surface area contributed by atoms with Gasteiger partial charge in [0, 0.05) is 37.3 Å². The van der Waals surface area contributed by atoms with Crippen molar-refractivity contribution in [3.05, 3.63) is 18.0 Å². The Morgan fingerprint density at radius 3 is 2.50 bits per heavy atom. The van der Waals surface area contributed by atoms with Gasteiger partial charge in [-0.3, -0.25) is 0 Å². The molecule has 2 saturated heterocycles. The van der Waals surface area contributed by atoms with E-state index in [1.54, 1.807) is 4.90 Å². The van der Waals surface area contributed by atoms with E-state index in [9.17, 15) is 23.1 Å². The van der Waals surface area contributed by atoms with E-state index in [1.165, 1.54) is 11.0 Å². The Morgan fingerprint density at radius 2 is 1.88 bits per heavy atom.